The highest BCUT2D eigenvalue weighted by molar-refractivity contribution is 6.00. The molecule has 0 radical (unpaired) electrons. The molecule has 6 nitrogen and oxygen atoms in total. The number of amides is 1. The second-order valence-electron chi connectivity index (χ2n) is 9.75. The third kappa shape index (κ3) is 5.83. The van der Waals surface area contributed by atoms with Gasteiger partial charge in [0.25, 0.3) is 0 Å². The number of fused-ring (bicyclic) bond motifs is 1. The van der Waals surface area contributed by atoms with Crippen molar-refractivity contribution in [3.8, 4) is 11.1 Å². The van der Waals surface area contributed by atoms with Gasteiger partial charge in [-0.05, 0) is 40.8 Å². The summed E-state index contributed by atoms with van der Waals surface area (Å²) in [6, 6.07) is 23.5. The number of hydrogen-bond donors (Lipinski definition) is 1. The highest BCUT2D eigenvalue weighted by atomic mass is 16.5. The van der Waals surface area contributed by atoms with E-state index in [0.717, 1.165) is 27.7 Å². The Morgan fingerprint density at radius 2 is 1.67 bits per heavy atom. The summed E-state index contributed by atoms with van der Waals surface area (Å²) in [5.74, 6) is -0.580. The van der Waals surface area contributed by atoms with E-state index in [0.29, 0.717) is 18.7 Å². The normalized spacial score (nSPS) is 11.4. The van der Waals surface area contributed by atoms with E-state index in [1.165, 1.54) is 12.7 Å². The van der Waals surface area contributed by atoms with Crippen LogP contribution in [0, 0.1) is 0 Å². The minimum absolute atomic E-state index is 0.0425. The van der Waals surface area contributed by atoms with Gasteiger partial charge >= 0.3 is 5.97 Å². The second-order valence-corrected chi connectivity index (χ2v) is 9.75. The molecule has 4 rings (SSSR count). The van der Waals surface area contributed by atoms with Crippen LogP contribution in [-0.2, 0) is 26.2 Å². The maximum absolute atomic E-state index is 12.4. The molecule has 0 atom stereocenters. The third-order valence-corrected chi connectivity index (χ3v) is 6.13. The molecule has 0 bridgehead atoms. The fourth-order valence-electron chi connectivity index (χ4n) is 4.15. The summed E-state index contributed by atoms with van der Waals surface area (Å²) in [6.45, 7) is 7.29. The molecular weight excluding hydrogens is 452 g/mol. The molecule has 0 aliphatic rings. The first kappa shape index (κ1) is 25.2. The Balaban J connectivity index is 1.42. The van der Waals surface area contributed by atoms with Crippen LogP contribution in [0.1, 0.15) is 36.7 Å². The molecule has 1 N–H and O–H groups in total. The van der Waals surface area contributed by atoms with Gasteiger partial charge in [0.05, 0.1) is 19.3 Å². The predicted molar refractivity (Wildman–Crippen MR) is 143 cm³/mol. The van der Waals surface area contributed by atoms with E-state index in [4.69, 9.17) is 9.47 Å². The molecule has 1 aromatic heterocycles. The zero-order chi connectivity index (χ0) is 25.7. The zero-order valence-corrected chi connectivity index (χ0v) is 21.2. The van der Waals surface area contributed by atoms with Crippen LogP contribution in [0.3, 0.4) is 0 Å². The summed E-state index contributed by atoms with van der Waals surface area (Å²) >= 11 is 0. The summed E-state index contributed by atoms with van der Waals surface area (Å²) < 4.78 is 12.6. The Morgan fingerprint density at radius 3 is 2.33 bits per heavy atom. The van der Waals surface area contributed by atoms with Crippen LogP contribution in [0.4, 0.5) is 5.69 Å². The lowest BCUT2D eigenvalue weighted by molar-refractivity contribution is -0.120. The summed E-state index contributed by atoms with van der Waals surface area (Å²) in [6.07, 6.45) is 2.06. The Kier molecular flexibility index (Phi) is 7.55. The topological polar surface area (TPSA) is 69.6 Å². The Morgan fingerprint density at radius 1 is 0.944 bits per heavy atom. The summed E-state index contributed by atoms with van der Waals surface area (Å²) in [5, 5.41) is 3.91. The smallest absolute Gasteiger partial charge is 0.337 e. The average molecular weight is 485 g/mol. The van der Waals surface area contributed by atoms with Crippen LogP contribution >= 0.6 is 0 Å². The molecule has 186 valence electrons. The number of hydrogen-bond acceptors (Lipinski definition) is 4. The number of methoxy groups -OCH3 is 1. The summed E-state index contributed by atoms with van der Waals surface area (Å²) in [7, 11) is 1.37. The van der Waals surface area contributed by atoms with Crippen LogP contribution in [0.5, 0.6) is 0 Å². The van der Waals surface area contributed by atoms with Crippen molar-refractivity contribution in [3.63, 3.8) is 0 Å². The molecule has 0 saturated heterocycles. The fraction of sp³-hybridized carbons (Fsp3) is 0.267. The van der Waals surface area contributed by atoms with Crippen molar-refractivity contribution in [3.05, 3.63) is 90.1 Å². The molecule has 1 amide bonds. The fourth-order valence-corrected chi connectivity index (χ4v) is 4.15. The number of aromatic nitrogens is 1. The molecule has 3 aromatic carbocycles. The number of anilines is 1. The van der Waals surface area contributed by atoms with E-state index >= 15 is 0 Å². The molecule has 4 aromatic rings. The van der Waals surface area contributed by atoms with Gasteiger partial charge in [0.1, 0.15) is 6.61 Å². The molecule has 0 fully saturated rings. The van der Waals surface area contributed by atoms with Crippen LogP contribution < -0.4 is 5.32 Å². The molecule has 36 heavy (non-hydrogen) atoms. The van der Waals surface area contributed by atoms with E-state index < -0.39 is 0 Å². The number of nitrogens with zero attached hydrogens (tertiary/aromatic N) is 1. The largest absolute Gasteiger partial charge is 0.465 e. The van der Waals surface area contributed by atoms with E-state index in [1.54, 1.807) is 6.07 Å². The van der Waals surface area contributed by atoms with Crippen LogP contribution in [0.15, 0.2) is 79.0 Å². The molecule has 0 spiro atoms. The first-order chi connectivity index (χ1) is 17.3. The van der Waals surface area contributed by atoms with Crippen molar-refractivity contribution in [1.82, 2.24) is 4.57 Å². The summed E-state index contributed by atoms with van der Waals surface area (Å²) in [4.78, 5) is 24.5. The van der Waals surface area contributed by atoms with Gasteiger partial charge in [-0.15, -0.1) is 0 Å². The molecule has 0 aliphatic heterocycles. The van der Waals surface area contributed by atoms with Gasteiger partial charge in [-0.2, -0.15) is 0 Å². The lowest BCUT2D eigenvalue weighted by Gasteiger charge is -2.19. The van der Waals surface area contributed by atoms with Crippen molar-refractivity contribution in [2.45, 2.75) is 32.7 Å². The molecule has 0 unspecified atom stereocenters. The lowest BCUT2D eigenvalue weighted by Crippen LogP contribution is -2.20. The van der Waals surface area contributed by atoms with Gasteiger partial charge in [0.2, 0.25) is 5.91 Å². The maximum atomic E-state index is 12.4. The third-order valence-electron chi connectivity index (χ3n) is 6.13. The lowest BCUT2D eigenvalue weighted by atomic mass is 9.87. The first-order valence-electron chi connectivity index (χ1n) is 12.0. The van der Waals surface area contributed by atoms with Gasteiger partial charge in [-0.3, -0.25) is 4.79 Å². The van der Waals surface area contributed by atoms with Gasteiger partial charge in [0, 0.05) is 34.9 Å². The van der Waals surface area contributed by atoms with Gasteiger partial charge in [-0.25, -0.2) is 4.79 Å². The minimum Gasteiger partial charge on any atom is -0.465 e. The standard InChI is InChI=1S/C30H32N2O4/c1-30(2,3)23-11-13-24(14-12-23)31-28(33)20-36-17-16-32-19-26(21-8-6-5-7-9-21)25-15-10-22(18-27(25)32)29(34)35-4/h5-15,18-19H,16-17,20H2,1-4H3,(H,31,33). The second kappa shape index (κ2) is 10.8. The predicted octanol–water partition coefficient (Wildman–Crippen LogP) is 6.05. The minimum atomic E-state index is -0.380. The van der Waals surface area contributed by atoms with Crippen molar-refractivity contribution < 1.29 is 19.1 Å². The summed E-state index contributed by atoms with van der Waals surface area (Å²) in [5.41, 5.74) is 5.57. The highest BCUT2D eigenvalue weighted by Gasteiger charge is 2.15. The van der Waals surface area contributed by atoms with E-state index in [9.17, 15) is 9.59 Å². The quantitative estimate of drug-likeness (QED) is 0.244. The number of esters is 1. The number of rotatable bonds is 8. The zero-order valence-electron chi connectivity index (χ0n) is 21.2. The van der Waals surface area contributed by atoms with Gasteiger partial charge in [-0.1, -0.05) is 69.3 Å². The van der Waals surface area contributed by atoms with Crippen molar-refractivity contribution in [2.24, 2.45) is 0 Å². The van der Waals surface area contributed by atoms with Crippen molar-refractivity contribution in [2.75, 3.05) is 25.6 Å². The molecular formula is C30H32N2O4. The number of benzene rings is 3. The van der Waals surface area contributed by atoms with E-state index in [2.05, 4.69) is 44.4 Å². The number of nitrogens with one attached hydrogen (secondary N) is 1. The number of carbonyl (C=O) groups excluding carboxylic acids is 2. The van der Waals surface area contributed by atoms with Crippen molar-refractivity contribution in [1.29, 1.82) is 0 Å². The Labute approximate surface area is 211 Å². The van der Waals surface area contributed by atoms with Gasteiger partial charge < -0.3 is 19.4 Å². The maximum Gasteiger partial charge on any atom is 0.337 e. The Bertz CT molecular complexity index is 1350. The van der Waals surface area contributed by atoms with Crippen LogP contribution in [0.2, 0.25) is 0 Å². The van der Waals surface area contributed by atoms with Crippen molar-refractivity contribution >= 4 is 28.5 Å². The Hall–Kier alpha value is -3.90. The monoisotopic (exact) mass is 484 g/mol. The molecule has 0 aliphatic carbocycles. The number of carbonyl (C=O) groups is 2. The SMILES string of the molecule is COC(=O)c1ccc2c(-c3ccccc3)cn(CCOCC(=O)Nc3ccc(C(C)(C)C)cc3)c2c1. The first-order valence-corrected chi connectivity index (χ1v) is 12.0. The average Bonchev–Trinajstić information content (AvgIpc) is 3.24. The van der Waals surface area contributed by atoms with Gasteiger partial charge in [0.15, 0.2) is 0 Å². The van der Waals surface area contributed by atoms with Crippen LogP contribution in [-0.4, -0.2) is 36.8 Å². The van der Waals surface area contributed by atoms with E-state index in [-0.39, 0.29) is 23.9 Å². The van der Waals surface area contributed by atoms with E-state index in [1.807, 2.05) is 59.2 Å². The molecule has 6 heteroatoms. The molecule has 1 heterocycles. The van der Waals surface area contributed by atoms with Crippen LogP contribution in [0.25, 0.3) is 22.0 Å². The molecule has 0 saturated carbocycles. The number of ether oxygens (including phenoxy) is 2. The highest BCUT2D eigenvalue weighted by Crippen LogP contribution is 2.31.